The van der Waals surface area contributed by atoms with Crippen molar-refractivity contribution in [2.45, 2.75) is 4.90 Å². The van der Waals surface area contributed by atoms with Crippen LogP contribution < -0.4 is 0 Å². The smallest absolute Gasteiger partial charge is 0.0992 e. The van der Waals surface area contributed by atoms with Crippen LogP contribution in [0.1, 0.15) is 5.56 Å². The lowest BCUT2D eigenvalue weighted by Gasteiger charge is -2.03. The van der Waals surface area contributed by atoms with Gasteiger partial charge in [-0.25, -0.2) is 0 Å². The van der Waals surface area contributed by atoms with Gasteiger partial charge in [0.1, 0.15) is 0 Å². The van der Waals surface area contributed by atoms with Crippen LogP contribution in [0.4, 0.5) is 0 Å². The molecule has 0 aliphatic heterocycles. The number of benzene rings is 2. The molecular formula is C13H9NS. The molecule has 0 aliphatic rings. The fourth-order valence-electron chi connectivity index (χ4n) is 1.47. The summed E-state index contributed by atoms with van der Waals surface area (Å²) in [5, 5.41) is 8.85. The van der Waals surface area contributed by atoms with Crippen LogP contribution in [0.2, 0.25) is 0 Å². The minimum atomic E-state index is 0.640. The number of hydrogen-bond donors (Lipinski definition) is 1. The molecule has 2 aromatic carbocycles. The van der Waals surface area contributed by atoms with Crippen molar-refractivity contribution >= 4 is 12.6 Å². The van der Waals surface area contributed by atoms with Crippen molar-refractivity contribution in [2.75, 3.05) is 0 Å². The fraction of sp³-hybridized carbons (Fsp3) is 0. The largest absolute Gasteiger partial charge is 0.192 e. The van der Waals surface area contributed by atoms with E-state index in [1.165, 1.54) is 0 Å². The van der Waals surface area contributed by atoms with Crippen molar-refractivity contribution in [3.63, 3.8) is 0 Å². The first-order valence-electron chi connectivity index (χ1n) is 4.59. The Morgan fingerprint density at radius 1 is 0.933 bits per heavy atom. The quantitative estimate of drug-likeness (QED) is 0.717. The molecule has 15 heavy (non-hydrogen) atoms. The van der Waals surface area contributed by atoms with E-state index in [1.54, 1.807) is 6.07 Å². The maximum Gasteiger partial charge on any atom is 0.0992 e. The van der Waals surface area contributed by atoms with Crippen LogP contribution in [0.15, 0.2) is 53.4 Å². The average molecular weight is 211 g/mol. The van der Waals surface area contributed by atoms with Crippen LogP contribution in [0.3, 0.4) is 0 Å². The molecule has 0 saturated heterocycles. The van der Waals surface area contributed by atoms with Crippen LogP contribution in [0, 0.1) is 11.3 Å². The summed E-state index contributed by atoms with van der Waals surface area (Å²) in [5.74, 6) is 0. The first-order chi connectivity index (χ1) is 7.29. The Balaban J connectivity index is 2.55. The molecule has 0 spiro atoms. The number of hydrogen-bond acceptors (Lipinski definition) is 2. The van der Waals surface area contributed by atoms with E-state index in [0.29, 0.717) is 5.56 Å². The number of nitrogens with zero attached hydrogens (tertiary/aromatic N) is 1. The summed E-state index contributed by atoms with van der Waals surface area (Å²) in [6.07, 6.45) is 0. The van der Waals surface area contributed by atoms with Gasteiger partial charge in [0.05, 0.1) is 11.6 Å². The van der Waals surface area contributed by atoms with Gasteiger partial charge >= 0.3 is 0 Å². The van der Waals surface area contributed by atoms with E-state index >= 15 is 0 Å². The van der Waals surface area contributed by atoms with Crippen LogP contribution in [0.5, 0.6) is 0 Å². The zero-order chi connectivity index (χ0) is 10.7. The summed E-state index contributed by atoms with van der Waals surface area (Å²) in [6, 6.07) is 17.7. The number of thiol groups is 1. The first kappa shape index (κ1) is 9.82. The first-order valence-corrected chi connectivity index (χ1v) is 5.04. The molecular weight excluding hydrogens is 202 g/mol. The molecule has 0 radical (unpaired) electrons. The Bertz CT molecular complexity index is 512. The van der Waals surface area contributed by atoms with Gasteiger partial charge in [-0.1, -0.05) is 30.3 Å². The van der Waals surface area contributed by atoms with Crippen molar-refractivity contribution < 1.29 is 0 Å². The van der Waals surface area contributed by atoms with Gasteiger partial charge in [0, 0.05) is 4.90 Å². The standard InChI is InChI=1S/C13H9NS/c14-9-10-6-12(8-13(15)7-10)11-4-2-1-3-5-11/h1-8,15H. The highest BCUT2D eigenvalue weighted by molar-refractivity contribution is 7.80. The SMILES string of the molecule is N#Cc1cc(S)cc(-c2ccccc2)c1. The molecule has 0 N–H and O–H groups in total. The Labute approximate surface area is 94.4 Å². The van der Waals surface area contributed by atoms with Gasteiger partial charge in [-0.2, -0.15) is 5.26 Å². The molecule has 0 saturated carbocycles. The molecule has 0 bridgehead atoms. The molecule has 2 rings (SSSR count). The Hall–Kier alpha value is -1.72. The number of rotatable bonds is 1. The van der Waals surface area contributed by atoms with Gasteiger partial charge in [-0.15, -0.1) is 12.6 Å². The number of nitriles is 1. The molecule has 72 valence electrons. The summed E-state index contributed by atoms with van der Waals surface area (Å²) < 4.78 is 0. The van der Waals surface area contributed by atoms with Crippen molar-refractivity contribution in [3.05, 3.63) is 54.1 Å². The zero-order valence-corrected chi connectivity index (χ0v) is 8.91. The van der Waals surface area contributed by atoms with Gasteiger partial charge in [0.2, 0.25) is 0 Å². The van der Waals surface area contributed by atoms with Gasteiger partial charge in [-0.3, -0.25) is 0 Å². The van der Waals surface area contributed by atoms with E-state index < -0.39 is 0 Å². The van der Waals surface area contributed by atoms with Crippen LogP contribution >= 0.6 is 12.6 Å². The molecule has 2 aromatic rings. The molecule has 0 atom stereocenters. The summed E-state index contributed by atoms with van der Waals surface area (Å²) in [4.78, 5) is 0.813. The lowest BCUT2D eigenvalue weighted by Crippen LogP contribution is -1.81. The molecule has 0 heterocycles. The second kappa shape index (κ2) is 4.20. The second-order valence-electron chi connectivity index (χ2n) is 3.25. The predicted octanol–water partition coefficient (Wildman–Crippen LogP) is 3.51. The van der Waals surface area contributed by atoms with Crippen molar-refractivity contribution in [1.82, 2.24) is 0 Å². The van der Waals surface area contributed by atoms with Gasteiger partial charge in [-0.05, 0) is 29.3 Å². The van der Waals surface area contributed by atoms with Gasteiger partial charge < -0.3 is 0 Å². The summed E-state index contributed by atoms with van der Waals surface area (Å²) in [7, 11) is 0. The van der Waals surface area contributed by atoms with Crippen molar-refractivity contribution in [3.8, 4) is 17.2 Å². The van der Waals surface area contributed by atoms with E-state index in [0.717, 1.165) is 16.0 Å². The molecule has 0 fully saturated rings. The fourth-order valence-corrected chi connectivity index (χ4v) is 1.75. The third-order valence-corrected chi connectivity index (χ3v) is 2.41. The van der Waals surface area contributed by atoms with E-state index in [4.69, 9.17) is 5.26 Å². The maximum atomic E-state index is 8.85. The monoisotopic (exact) mass is 211 g/mol. The highest BCUT2D eigenvalue weighted by Crippen LogP contribution is 2.23. The predicted molar refractivity (Wildman–Crippen MR) is 63.8 cm³/mol. The Morgan fingerprint density at radius 2 is 1.67 bits per heavy atom. The van der Waals surface area contributed by atoms with Crippen molar-refractivity contribution in [1.29, 1.82) is 5.26 Å². The van der Waals surface area contributed by atoms with Gasteiger partial charge in [0.15, 0.2) is 0 Å². The highest BCUT2D eigenvalue weighted by Gasteiger charge is 2.00. The lowest BCUT2D eigenvalue weighted by atomic mass is 10.0. The molecule has 0 aliphatic carbocycles. The van der Waals surface area contributed by atoms with E-state index in [1.807, 2.05) is 42.5 Å². The zero-order valence-electron chi connectivity index (χ0n) is 8.01. The van der Waals surface area contributed by atoms with Crippen LogP contribution in [-0.2, 0) is 0 Å². The molecule has 0 aromatic heterocycles. The van der Waals surface area contributed by atoms with Crippen molar-refractivity contribution in [2.24, 2.45) is 0 Å². The lowest BCUT2D eigenvalue weighted by molar-refractivity contribution is 1.41. The highest BCUT2D eigenvalue weighted by atomic mass is 32.1. The normalized spacial score (nSPS) is 9.60. The summed E-state index contributed by atoms with van der Waals surface area (Å²) in [5.41, 5.74) is 2.77. The maximum absolute atomic E-state index is 8.85. The van der Waals surface area contributed by atoms with Gasteiger partial charge in [0.25, 0.3) is 0 Å². The topological polar surface area (TPSA) is 23.8 Å². The second-order valence-corrected chi connectivity index (χ2v) is 3.76. The van der Waals surface area contributed by atoms with E-state index in [9.17, 15) is 0 Å². The Morgan fingerprint density at radius 3 is 2.33 bits per heavy atom. The van der Waals surface area contributed by atoms with Crippen LogP contribution in [0.25, 0.3) is 11.1 Å². The van der Waals surface area contributed by atoms with E-state index in [2.05, 4.69) is 18.7 Å². The molecule has 0 unspecified atom stereocenters. The minimum absolute atomic E-state index is 0.640. The van der Waals surface area contributed by atoms with E-state index in [-0.39, 0.29) is 0 Å². The summed E-state index contributed by atoms with van der Waals surface area (Å²) >= 11 is 4.28. The molecule has 2 heteroatoms. The van der Waals surface area contributed by atoms with Crippen LogP contribution in [-0.4, -0.2) is 0 Å². The Kier molecular flexibility index (Phi) is 2.75. The molecule has 1 nitrogen and oxygen atoms in total. The third kappa shape index (κ3) is 2.20. The summed E-state index contributed by atoms with van der Waals surface area (Å²) in [6.45, 7) is 0. The molecule has 0 amide bonds. The average Bonchev–Trinajstić information content (AvgIpc) is 2.29. The minimum Gasteiger partial charge on any atom is -0.192 e. The third-order valence-electron chi connectivity index (χ3n) is 2.15.